The van der Waals surface area contributed by atoms with Gasteiger partial charge in [-0.3, -0.25) is 0 Å². The Bertz CT molecular complexity index is 735. The maximum absolute atomic E-state index is 13.6. The smallest absolute Gasteiger partial charge is 0.382 e. The number of pyridine rings is 1. The summed E-state index contributed by atoms with van der Waals surface area (Å²) in [5, 5.41) is 9.70. The van der Waals surface area contributed by atoms with Crippen LogP contribution in [0, 0.1) is 5.95 Å². The van der Waals surface area contributed by atoms with E-state index in [4.69, 9.17) is 0 Å². The molecule has 124 valence electrons. The van der Waals surface area contributed by atoms with Crippen LogP contribution in [0.1, 0.15) is 29.3 Å². The molecule has 1 aliphatic rings. The van der Waals surface area contributed by atoms with Crippen LogP contribution < -0.4 is 0 Å². The lowest BCUT2D eigenvalue weighted by atomic mass is 9.89. The fraction of sp³-hybridized carbons (Fsp3) is 0.357. The fourth-order valence-corrected chi connectivity index (χ4v) is 2.72. The molecule has 2 heterocycles. The molecule has 1 N–H and O–H groups in total. The summed E-state index contributed by atoms with van der Waals surface area (Å²) in [4.78, 5) is 3.34. The second-order valence-corrected chi connectivity index (χ2v) is 5.27. The Morgan fingerprint density at radius 3 is 2.52 bits per heavy atom. The highest BCUT2D eigenvalue weighted by Crippen LogP contribution is 2.48. The van der Waals surface area contributed by atoms with Crippen molar-refractivity contribution in [2.75, 3.05) is 0 Å². The fourth-order valence-electron chi connectivity index (χ4n) is 2.72. The Labute approximate surface area is 126 Å². The normalized spacial score (nSPS) is 20.4. The van der Waals surface area contributed by atoms with E-state index in [2.05, 4.69) is 4.98 Å². The molecule has 1 atom stereocenters. The molecule has 0 saturated heterocycles. The quantitative estimate of drug-likeness (QED) is 0.638. The third-order valence-corrected chi connectivity index (χ3v) is 3.81. The second kappa shape index (κ2) is 4.98. The lowest BCUT2D eigenvalue weighted by Crippen LogP contribution is -2.33. The van der Waals surface area contributed by atoms with Gasteiger partial charge in [-0.15, -0.1) is 0 Å². The van der Waals surface area contributed by atoms with Crippen molar-refractivity contribution < 1.29 is 31.4 Å². The Balaban J connectivity index is 2.23. The first-order valence-corrected chi connectivity index (χ1v) is 6.60. The SMILES string of the molecule is OC1c2c(C(F)(F)F)cn(-c3ccc(F)nc3)c2CCC1(F)F. The van der Waals surface area contributed by atoms with Crippen LogP contribution in [0.15, 0.2) is 24.5 Å². The van der Waals surface area contributed by atoms with Crippen LogP contribution in [0.2, 0.25) is 0 Å². The van der Waals surface area contributed by atoms with E-state index < -0.39 is 41.7 Å². The van der Waals surface area contributed by atoms with Crippen molar-refractivity contribution in [3.05, 3.63) is 47.3 Å². The minimum Gasteiger partial charge on any atom is -0.382 e. The number of fused-ring (bicyclic) bond motifs is 1. The molecule has 2 aromatic heterocycles. The van der Waals surface area contributed by atoms with Crippen LogP contribution in [0.5, 0.6) is 0 Å². The molecule has 0 amide bonds. The molecule has 2 aromatic rings. The Morgan fingerprint density at radius 1 is 1.26 bits per heavy atom. The van der Waals surface area contributed by atoms with Gasteiger partial charge < -0.3 is 9.67 Å². The minimum absolute atomic E-state index is 0.0795. The first-order valence-electron chi connectivity index (χ1n) is 6.60. The number of hydrogen-bond acceptors (Lipinski definition) is 2. The zero-order chi connectivity index (χ0) is 17.0. The third-order valence-electron chi connectivity index (χ3n) is 3.81. The second-order valence-electron chi connectivity index (χ2n) is 5.27. The van der Waals surface area contributed by atoms with Gasteiger partial charge in [0.2, 0.25) is 5.95 Å². The van der Waals surface area contributed by atoms with Crippen molar-refractivity contribution in [2.45, 2.75) is 31.0 Å². The molecule has 3 rings (SSSR count). The summed E-state index contributed by atoms with van der Waals surface area (Å²) in [6, 6.07) is 2.13. The minimum atomic E-state index is -4.91. The zero-order valence-electron chi connectivity index (χ0n) is 11.4. The summed E-state index contributed by atoms with van der Waals surface area (Å²) in [7, 11) is 0. The first-order chi connectivity index (χ1) is 10.6. The van der Waals surface area contributed by atoms with Gasteiger partial charge in [-0.05, 0) is 18.6 Å². The molecule has 0 radical (unpaired) electrons. The maximum Gasteiger partial charge on any atom is 0.418 e. The number of aromatic nitrogens is 2. The number of rotatable bonds is 1. The standard InChI is InChI=1S/C14H10F6N2O/c15-10-2-1-7(5-21-10)22-6-8(14(18,19)20)11-9(22)3-4-13(16,17)12(11)23/h1-2,5-6,12,23H,3-4H2. The summed E-state index contributed by atoms with van der Waals surface area (Å²) in [6.07, 6.45) is -6.96. The number of aliphatic hydroxyl groups is 1. The highest BCUT2D eigenvalue weighted by Gasteiger charge is 2.50. The summed E-state index contributed by atoms with van der Waals surface area (Å²) in [6.45, 7) is 0. The van der Waals surface area contributed by atoms with Gasteiger partial charge >= 0.3 is 6.18 Å². The van der Waals surface area contributed by atoms with Gasteiger partial charge in [0.25, 0.3) is 5.92 Å². The number of nitrogens with zero attached hydrogens (tertiary/aromatic N) is 2. The largest absolute Gasteiger partial charge is 0.418 e. The molecular formula is C14H10F6N2O. The molecule has 0 spiro atoms. The summed E-state index contributed by atoms with van der Waals surface area (Å²) in [5.74, 6) is -4.46. The van der Waals surface area contributed by atoms with Crippen molar-refractivity contribution >= 4 is 0 Å². The maximum atomic E-state index is 13.6. The number of halogens is 6. The van der Waals surface area contributed by atoms with E-state index in [1.54, 1.807) is 0 Å². The van der Waals surface area contributed by atoms with E-state index in [1.165, 1.54) is 6.07 Å². The monoisotopic (exact) mass is 336 g/mol. The van der Waals surface area contributed by atoms with Crippen molar-refractivity contribution in [3.8, 4) is 5.69 Å². The first kappa shape index (κ1) is 15.9. The van der Waals surface area contributed by atoms with Crippen molar-refractivity contribution in [3.63, 3.8) is 0 Å². The predicted octanol–water partition coefficient (Wildman–Crippen LogP) is 3.65. The van der Waals surface area contributed by atoms with Crippen LogP contribution in [-0.2, 0) is 12.6 Å². The summed E-state index contributed by atoms with van der Waals surface area (Å²) >= 11 is 0. The summed E-state index contributed by atoms with van der Waals surface area (Å²) < 4.78 is 80.6. The molecule has 23 heavy (non-hydrogen) atoms. The van der Waals surface area contributed by atoms with E-state index in [0.717, 1.165) is 16.8 Å². The molecule has 0 fully saturated rings. The van der Waals surface area contributed by atoms with E-state index in [-0.39, 0.29) is 17.8 Å². The van der Waals surface area contributed by atoms with Crippen LogP contribution >= 0.6 is 0 Å². The van der Waals surface area contributed by atoms with Gasteiger partial charge in [0.1, 0.15) is 6.10 Å². The zero-order valence-corrected chi connectivity index (χ0v) is 11.4. The van der Waals surface area contributed by atoms with Gasteiger partial charge in [-0.2, -0.15) is 17.6 Å². The van der Waals surface area contributed by atoms with Crippen LogP contribution in [0.4, 0.5) is 26.3 Å². The Hall–Kier alpha value is -2.03. The molecule has 3 nitrogen and oxygen atoms in total. The Morgan fingerprint density at radius 2 is 1.96 bits per heavy atom. The van der Waals surface area contributed by atoms with Crippen LogP contribution in [0.25, 0.3) is 5.69 Å². The molecule has 9 heteroatoms. The average molecular weight is 336 g/mol. The predicted molar refractivity (Wildman–Crippen MR) is 66.8 cm³/mol. The van der Waals surface area contributed by atoms with Crippen LogP contribution in [-0.4, -0.2) is 20.6 Å². The van der Waals surface area contributed by atoms with Crippen LogP contribution in [0.3, 0.4) is 0 Å². The molecule has 1 unspecified atom stereocenters. The topological polar surface area (TPSA) is 38.0 Å². The highest BCUT2D eigenvalue weighted by molar-refractivity contribution is 5.45. The van der Waals surface area contributed by atoms with E-state index in [0.29, 0.717) is 6.20 Å². The number of aliphatic hydroxyl groups excluding tert-OH is 1. The third kappa shape index (κ3) is 2.58. The van der Waals surface area contributed by atoms with E-state index in [9.17, 15) is 31.4 Å². The van der Waals surface area contributed by atoms with Gasteiger partial charge in [0.15, 0.2) is 0 Å². The molecule has 0 bridgehead atoms. The molecule has 0 aromatic carbocycles. The lowest BCUT2D eigenvalue weighted by Gasteiger charge is -2.29. The lowest BCUT2D eigenvalue weighted by molar-refractivity contribution is -0.147. The van der Waals surface area contributed by atoms with Gasteiger partial charge in [-0.1, -0.05) is 0 Å². The summed E-state index contributed by atoms with van der Waals surface area (Å²) in [5.41, 5.74) is -2.15. The van der Waals surface area contributed by atoms with Crippen molar-refractivity contribution in [1.82, 2.24) is 9.55 Å². The van der Waals surface area contributed by atoms with Gasteiger partial charge in [0, 0.05) is 23.9 Å². The Kier molecular flexibility index (Phi) is 3.44. The molecule has 0 aliphatic heterocycles. The van der Waals surface area contributed by atoms with E-state index >= 15 is 0 Å². The highest BCUT2D eigenvalue weighted by atomic mass is 19.4. The molecule has 1 aliphatic carbocycles. The number of hydrogen-bond donors (Lipinski definition) is 1. The number of alkyl halides is 5. The van der Waals surface area contributed by atoms with Gasteiger partial charge in [-0.25, -0.2) is 13.8 Å². The average Bonchev–Trinajstić information content (AvgIpc) is 2.84. The molecule has 0 saturated carbocycles. The van der Waals surface area contributed by atoms with Gasteiger partial charge in [0.05, 0.1) is 17.4 Å². The van der Waals surface area contributed by atoms with Crippen molar-refractivity contribution in [2.24, 2.45) is 0 Å². The van der Waals surface area contributed by atoms with E-state index in [1.807, 2.05) is 0 Å². The molecular weight excluding hydrogens is 326 g/mol. The van der Waals surface area contributed by atoms with Crippen molar-refractivity contribution in [1.29, 1.82) is 0 Å².